The van der Waals surface area contributed by atoms with Crippen molar-refractivity contribution in [1.29, 1.82) is 0 Å². The van der Waals surface area contributed by atoms with Gasteiger partial charge in [-0.05, 0) is 25.0 Å². The van der Waals surface area contributed by atoms with Crippen LogP contribution in [0.4, 0.5) is 11.4 Å². The van der Waals surface area contributed by atoms with E-state index in [0.717, 1.165) is 17.1 Å². The largest absolute Gasteiger partial charge is 0.490 e. The van der Waals surface area contributed by atoms with Gasteiger partial charge < -0.3 is 15.4 Å². The van der Waals surface area contributed by atoms with Gasteiger partial charge in [-0.3, -0.25) is 0 Å². The highest BCUT2D eigenvalue weighted by molar-refractivity contribution is 5.68. The number of rotatable bonds is 3. The Bertz CT molecular complexity index is 332. The third-order valence-electron chi connectivity index (χ3n) is 2.31. The quantitative estimate of drug-likeness (QED) is 0.743. The fourth-order valence-electron chi connectivity index (χ4n) is 1.39. The molecule has 2 N–H and O–H groups in total. The minimum Gasteiger partial charge on any atom is -0.490 e. The zero-order chi connectivity index (χ0) is 10.1. The third kappa shape index (κ3) is 1.92. The summed E-state index contributed by atoms with van der Waals surface area (Å²) in [7, 11) is 3.96. The van der Waals surface area contributed by atoms with Crippen LogP contribution >= 0.6 is 0 Å². The van der Waals surface area contributed by atoms with Crippen LogP contribution < -0.4 is 15.4 Å². The number of hydrogen-bond donors (Lipinski definition) is 1. The van der Waals surface area contributed by atoms with Gasteiger partial charge in [0.05, 0.1) is 17.5 Å². The minimum absolute atomic E-state index is 0.430. The highest BCUT2D eigenvalue weighted by Gasteiger charge is 2.23. The van der Waals surface area contributed by atoms with E-state index >= 15 is 0 Å². The van der Waals surface area contributed by atoms with Crippen molar-refractivity contribution in [2.45, 2.75) is 18.9 Å². The summed E-state index contributed by atoms with van der Waals surface area (Å²) in [5, 5.41) is 0. The third-order valence-corrected chi connectivity index (χ3v) is 2.31. The molecule has 3 nitrogen and oxygen atoms in total. The molecular formula is C11H16N2O. The van der Waals surface area contributed by atoms with Crippen molar-refractivity contribution in [1.82, 2.24) is 0 Å². The van der Waals surface area contributed by atoms with E-state index in [9.17, 15) is 0 Å². The summed E-state index contributed by atoms with van der Waals surface area (Å²) in [6.45, 7) is 0. The van der Waals surface area contributed by atoms with Crippen LogP contribution in [0.3, 0.4) is 0 Å². The van der Waals surface area contributed by atoms with Gasteiger partial charge in [0, 0.05) is 20.2 Å². The van der Waals surface area contributed by atoms with E-state index in [1.165, 1.54) is 12.8 Å². The molecule has 0 aromatic heterocycles. The Kier molecular flexibility index (Phi) is 2.23. The number of nitrogen functional groups attached to an aromatic ring is 1. The zero-order valence-electron chi connectivity index (χ0n) is 8.66. The van der Waals surface area contributed by atoms with Crippen molar-refractivity contribution >= 4 is 11.4 Å². The van der Waals surface area contributed by atoms with E-state index in [0.29, 0.717) is 6.10 Å². The molecule has 0 saturated heterocycles. The Balaban J connectivity index is 2.16. The number of hydrogen-bond acceptors (Lipinski definition) is 3. The zero-order valence-corrected chi connectivity index (χ0v) is 8.66. The molecule has 2 rings (SSSR count). The predicted octanol–water partition coefficient (Wildman–Crippen LogP) is 1.88. The predicted molar refractivity (Wildman–Crippen MR) is 58.8 cm³/mol. The topological polar surface area (TPSA) is 38.5 Å². The van der Waals surface area contributed by atoms with E-state index in [4.69, 9.17) is 10.5 Å². The smallest absolute Gasteiger partial charge is 0.121 e. The molecule has 0 heterocycles. The average Bonchev–Trinajstić information content (AvgIpc) is 2.87. The Labute approximate surface area is 84.5 Å². The maximum absolute atomic E-state index is 5.90. The standard InChI is InChI=1S/C11H16N2O/c1-13(2)11-6-5-9(7-10(11)12)14-8-3-4-8/h5-8H,3-4,12H2,1-2H3. The fourth-order valence-corrected chi connectivity index (χ4v) is 1.39. The molecule has 1 aliphatic rings. The molecule has 0 radical (unpaired) electrons. The first-order chi connectivity index (χ1) is 6.66. The van der Waals surface area contributed by atoms with Crippen molar-refractivity contribution in [3.8, 4) is 5.75 Å². The molecule has 0 spiro atoms. The van der Waals surface area contributed by atoms with Gasteiger partial charge in [-0.25, -0.2) is 0 Å². The Morgan fingerprint density at radius 1 is 1.36 bits per heavy atom. The Morgan fingerprint density at radius 3 is 2.57 bits per heavy atom. The number of nitrogens with two attached hydrogens (primary N) is 1. The first kappa shape index (κ1) is 9.19. The second kappa shape index (κ2) is 3.40. The molecule has 1 aliphatic carbocycles. The lowest BCUT2D eigenvalue weighted by Crippen LogP contribution is -2.11. The second-order valence-electron chi connectivity index (χ2n) is 3.93. The van der Waals surface area contributed by atoms with Crippen LogP contribution in [-0.4, -0.2) is 20.2 Å². The van der Waals surface area contributed by atoms with E-state index in [-0.39, 0.29) is 0 Å². The molecule has 0 aliphatic heterocycles. The minimum atomic E-state index is 0.430. The molecule has 3 heteroatoms. The van der Waals surface area contributed by atoms with Crippen LogP contribution in [0.15, 0.2) is 18.2 Å². The molecule has 1 aromatic rings. The number of anilines is 2. The van der Waals surface area contributed by atoms with Crippen molar-refractivity contribution in [3.05, 3.63) is 18.2 Å². The molecule has 14 heavy (non-hydrogen) atoms. The molecule has 0 bridgehead atoms. The summed E-state index contributed by atoms with van der Waals surface area (Å²) in [6.07, 6.45) is 2.78. The van der Waals surface area contributed by atoms with E-state index in [2.05, 4.69) is 0 Å². The fraction of sp³-hybridized carbons (Fsp3) is 0.455. The second-order valence-corrected chi connectivity index (χ2v) is 3.93. The summed E-state index contributed by atoms with van der Waals surface area (Å²) in [6, 6.07) is 5.87. The highest BCUT2D eigenvalue weighted by atomic mass is 16.5. The van der Waals surface area contributed by atoms with Gasteiger partial charge in [0.1, 0.15) is 5.75 Å². The molecule has 0 amide bonds. The van der Waals surface area contributed by atoms with Gasteiger partial charge in [0.25, 0.3) is 0 Å². The van der Waals surface area contributed by atoms with Crippen LogP contribution in [-0.2, 0) is 0 Å². The number of benzene rings is 1. The first-order valence-corrected chi connectivity index (χ1v) is 4.90. The SMILES string of the molecule is CN(C)c1ccc(OC2CC2)cc1N. The summed E-state index contributed by atoms with van der Waals surface area (Å²) >= 11 is 0. The van der Waals surface area contributed by atoms with Gasteiger partial charge in [-0.15, -0.1) is 0 Å². The van der Waals surface area contributed by atoms with Gasteiger partial charge in [-0.2, -0.15) is 0 Å². The molecule has 0 unspecified atom stereocenters. The van der Waals surface area contributed by atoms with Crippen LogP contribution in [0.25, 0.3) is 0 Å². The van der Waals surface area contributed by atoms with E-state index < -0.39 is 0 Å². The van der Waals surface area contributed by atoms with Crippen LogP contribution in [0.1, 0.15) is 12.8 Å². The average molecular weight is 192 g/mol. The van der Waals surface area contributed by atoms with Crippen molar-refractivity contribution in [2.75, 3.05) is 24.7 Å². The lowest BCUT2D eigenvalue weighted by Gasteiger charge is -2.16. The molecule has 1 aromatic carbocycles. The van der Waals surface area contributed by atoms with E-state index in [1.807, 2.05) is 37.2 Å². The maximum Gasteiger partial charge on any atom is 0.121 e. The van der Waals surface area contributed by atoms with Gasteiger partial charge in [-0.1, -0.05) is 0 Å². The summed E-state index contributed by atoms with van der Waals surface area (Å²) in [5.74, 6) is 0.885. The van der Waals surface area contributed by atoms with Gasteiger partial charge >= 0.3 is 0 Å². The Hall–Kier alpha value is -1.38. The highest BCUT2D eigenvalue weighted by Crippen LogP contribution is 2.31. The van der Waals surface area contributed by atoms with E-state index in [1.54, 1.807) is 0 Å². The molecule has 1 saturated carbocycles. The molecular weight excluding hydrogens is 176 g/mol. The summed E-state index contributed by atoms with van der Waals surface area (Å²) < 4.78 is 5.64. The van der Waals surface area contributed by atoms with Crippen LogP contribution in [0.5, 0.6) is 5.75 Å². The van der Waals surface area contributed by atoms with Gasteiger partial charge in [0.2, 0.25) is 0 Å². The first-order valence-electron chi connectivity index (χ1n) is 4.90. The Morgan fingerprint density at radius 2 is 2.07 bits per heavy atom. The monoisotopic (exact) mass is 192 g/mol. The molecule has 0 atom stereocenters. The van der Waals surface area contributed by atoms with Crippen molar-refractivity contribution < 1.29 is 4.74 Å². The van der Waals surface area contributed by atoms with Crippen molar-refractivity contribution in [2.24, 2.45) is 0 Å². The summed E-state index contributed by atoms with van der Waals surface area (Å²) in [5.41, 5.74) is 7.70. The molecule has 1 fully saturated rings. The summed E-state index contributed by atoms with van der Waals surface area (Å²) in [4.78, 5) is 2.00. The van der Waals surface area contributed by atoms with Crippen LogP contribution in [0, 0.1) is 0 Å². The lowest BCUT2D eigenvalue weighted by atomic mass is 10.2. The number of ether oxygens (including phenoxy) is 1. The van der Waals surface area contributed by atoms with Gasteiger partial charge in [0.15, 0.2) is 0 Å². The number of nitrogens with zero attached hydrogens (tertiary/aromatic N) is 1. The molecule has 76 valence electrons. The normalized spacial score (nSPS) is 15.3. The lowest BCUT2D eigenvalue weighted by molar-refractivity contribution is 0.303. The van der Waals surface area contributed by atoms with Crippen LogP contribution in [0.2, 0.25) is 0 Å². The maximum atomic E-state index is 5.90. The van der Waals surface area contributed by atoms with Crippen molar-refractivity contribution in [3.63, 3.8) is 0 Å².